The molecule has 0 N–H and O–H groups in total. The number of aromatic nitrogens is 3. The number of ether oxygens (including phenoxy) is 1. The molecule has 0 saturated carbocycles. The molecule has 2 aliphatic rings. The van der Waals surface area contributed by atoms with E-state index >= 15 is 0 Å². The predicted molar refractivity (Wildman–Crippen MR) is 77.9 cm³/mol. The van der Waals surface area contributed by atoms with Crippen LogP contribution in [0.1, 0.15) is 50.2 Å². The summed E-state index contributed by atoms with van der Waals surface area (Å²) in [6.07, 6.45) is 6.03. The average molecular weight is 278 g/mol. The van der Waals surface area contributed by atoms with Gasteiger partial charge < -0.3 is 14.2 Å². The Labute approximate surface area is 121 Å². The van der Waals surface area contributed by atoms with Crippen LogP contribution in [0.15, 0.2) is 0 Å². The Morgan fingerprint density at radius 3 is 3.10 bits per heavy atom. The SMILES string of the molecule is CCOCCCN1CCC[C@@H](c2nnc3n2CCC3)C1. The third-order valence-corrected chi connectivity index (χ3v) is 4.48. The maximum atomic E-state index is 5.43. The first-order valence-corrected chi connectivity index (χ1v) is 8.10. The Hall–Kier alpha value is -0.940. The summed E-state index contributed by atoms with van der Waals surface area (Å²) in [5, 5.41) is 8.83. The highest BCUT2D eigenvalue weighted by Gasteiger charge is 2.27. The predicted octanol–water partition coefficient (Wildman–Crippen LogP) is 1.83. The first kappa shape index (κ1) is 14.0. The highest BCUT2D eigenvalue weighted by atomic mass is 16.5. The van der Waals surface area contributed by atoms with Crippen molar-refractivity contribution in [2.75, 3.05) is 32.8 Å². The van der Waals surface area contributed by atoms with Crippen molar-refractivity contribution >= 4 is 0 Å². The molecule has 0 radical (unpaired) electrons. The van der Waals surface area contributed by atoms with Gasteiger partial charge in [-0.1, -0.05) is 0 Å². The molecule has 3 rings (SSSR count). The molecular weight excluding hydrogens is 252 g/mol. The van der Waals surface area contributed by atoms with E-state index in [1.54, 1.807) is 0 Å². The summed E-state index contributed by atoms with van der Waals surface area (Å²) in [4.78, 5) is 2.57. The molecule has 5 heteroatoms. The second-order valence-corrected chi connectivity index (χ2v) is 5.92. The Balaban J connectivity index is 1.55. The first-order chi connectivity index (χ1) is 9.88. The summed E-state index contributed by atoms with van der Waals surface area (Å²) in [6.45, 7) is 8.42. The van der Waals surface area contributed by atoms with Gasteiger partial charge >= 0.3 is 0 Å². The number of piperidine rings is 1. The molecular formula is C15H26N4O. The number of rotatable bonds is 6. The fourth-order valence-corrected chi connectivity index (χ4v) is 3.48. The smallest absolute Gasteiger partial charge is 0.137 e. The van der Waals surface area contributed by atoms with E-state index in [0.29, 0.717) is 5.92 Å². The molecule has 1 aromatic heterocycles. The average Bonchev–Trinajstić information content (AvgIpc) is 3.06. The summed E-state index contributed by atoms with van der Waals surface area (Å²) in [7, 11) is 0. The summed E-state index contributed by atoms with van der Waals surface area (Å²) in [5.41, 5.74) is 0. The summed E-state index contributed by atoms with van der Waals surface area (Å²) < 4.78 is 7.80. The van der Waals surface area contributed by atoms with Gasteiger partial charge in [-0.3, -0.25) is 0 Å². The highest BCUT2D eigenvalue weighted by Crippen LogP contribution is 2.28. The van der Waals surface area contributed by atoms with Gasteiger partial charge in [-0.2, -0.15) is 0 Å². The van der Waals surface area contributed by atoms with Gasteiger partial charge in [0.05, 0.1) is 0 Å². The van der Waals surface area contributed by atoms with Crippen LogP contribution in [0.25, 0.3) is 0 Å². The number of hydrogen-bond acceptors (Lipinski definition) is 4. The lowest BCUT2D eigenvalue weighted by atomic mass is 9.97. The van der Waals surface area contributed by atoms with Gasteiger partial charge in [-0.05, 0) is 39.2 Å². The number of hydrogen-bond donors (Lipinski definition) is 0. The maximum absolute atomic E-state index is 5.43. The molecule has 5 nitrogen and oxygen atoms in total. The summed E-state index contributed by atoms with van der Waals surface area (Å²) >= 11 is 0. The Morgan fingerprint density at radius 1 is 1.25 bits per heavy atom. The molecule has 0 bridgehead atoms. The summed E-state index contributed by atoms with van der Waals surface area (Å²) in [5.74, 6) is 3.02. The maximum Gasteiger partial charge on any atom is 0.137 e. The van der Waals surface area contributed by atoms with Gasteiger partial charge in [-0.15, -0.1) is 10.2 Å². The number of aryl methyl sites for hydroxylation is 1. The minimum atomic E-state index is 0.579. The van der Waals surface area contributed by atoms with Crippen molar-refractivity contribution in [3.8, 4) is 0 Å². The zero-order valence-electron chi connectivity index (χ0n) is 12.6. The van der Waals surface area contributed by atoms with Crippen molar-refractivity contribution in [2.24, 2.45) is 0 Å². The van der Waals surface area contributed by atoms with E-state index in [2.05, 4.69) is 26.6 Å². The van der Waals surface area contributed by atoms with Crippen LogP contribution >= 0.6 is 0 Å². The van der Waals surface area contributed by atoms with Gasteiger partial charge in [0.2, 0.25) is 0 Å². The monoisotopic (exact) mass is 278 g/mol. The second-order valence-electron chi connectivity index (χ2n) is 5.92. The van der Waals surface area contributed by atoms with Crippen LogP contribution in [0.3, 0.4) is 0 Å². The fourth-order valence-electron chi connectivity index (χ4n) is 3.48. The molecule has 1 atom stereocenters. The van der Waals surface area contributed by atoms with Crippen LogP contribution in [0.4, 0.5) is 0 Å². The Kier molecular flexibility index (Phi) is 4.68. The van der Waals surface area contributed by atoms with E-state index in [1.807, 2.05) is 0 Å². The zero-order valence-corrected chi connectivity index (χ0v) is 12.6. The van der Waals surface area contributed by atoms with E-state index in [9.17, 15) is 0 Å². The van der Waals surface area contributed by atoms with Crippen LogP contribution in [-0.2, 0) is 17.7 Å². The molecule has 20 heavy (non-hydrogen) atoms. The minimum absolute atomic E-state index is 0.579. The molecule has 3 heterocycles. The first-order valence-electron chi connectivity index (χ1n) is 8.10. The van der Waals surface area contributed by atoms with E-state index in [4.69, 9.17) is 4.74 Å². The number of fused-ring (bicyclic) bond motifs is 1. The van der Waals surface area contributed by atoms with E-state index in [0.717, 1.165) is 45.7 Å². The molecule has 1 aromatic rings. The van der Waals surface area contributed by atoms with Crippen LogP contribution in [0.5, 0.6) is 0 Å². The number of nitrogens with zero attached hydrogens (tertiary/aromatic N) is 4. The fraction of sp³-hybridized carbons (Fsp3) is 0.867. The molecule has 1 fully saturated rings. The minimum Gasteiger partial charge on any atom is -0.382 e. The topological polar surface area (TPSA) is 43.2 Å². The zero-order chi connectivity index (χ0) is 13.8. The van der Waals surface area contributed by atoms with Crippen LogP contribution in [0.2, 0.25) is 0 Å². The van der Waals surface area contributed by atoms with Crippen molar-refractivity contribution in [1.82, 2.24) is 19.7 Å². The quantitative estimate of drug-likeness (QED) is 0.745. The molecule has 112 valence electrons. The van der Waals surface area contributed by atoms with Crippen molar-refractivity contribution < 1.29 is 4.74 Å². The van der Waals surface area contributed by atoms with Crippen LogP contribution in [-0.4, -0.2) is 52.5 Å². The lowest BCUT2D eigenvalue weighted by molar-refractivity contribution is 0.123. The van der Waals surface area contributed by atoms with Gasteiger partial charge in [0.1, 0.15) is 11.6 Å². The van der Waals surface area contributed by atoms with Crippen LogP contribution in [0, 0.1) is 0 Å². The van der Waals surface area contributed by atoms with E-state index in [-0.39, 0.29) is 0 Å². The van der Waals surface area contributed by atoms with Crippen molar-refractivity contribution in [2.45, 2.75) is 51.5 Å². The van der Waals surface area contributed by atoms with Crippen LogP contribution < -0.4 is 0 Å². The molecule has 0 unspecified atom stereocenters. The van der Waals surface area contributed by atoms with E-state index < -0.39 is 0 Å². The van der Waals surface area contributed by atoms with Gasteiger partial charge in [0.25, 0.3) is 0 Å². The largest absolute Gasteiger partial charge is 0.382 e. The van der Waals surface area contributed by atoms with Gasteiger partial charge in [0.15, 0.2) is 0 Å². The number of likely N-dealkylation sites (tertiary alicyclic amines) is 1. The molecule has 0 aliphatic carbocycles. The second kappa shape index (κ2) is 6.68. The molecule has 0 spiro atoms. The molecule has 0 amide bonds. The lowest BCUT2D eigenvalue weighted by Gasteiger charge is -2.32. The van der Waals surface area contributed by atoms with Crippen molar-refractivity contribution in [3.05, 3.63) is 11.6 Å². The van der Waals surface area contributed by atoms with Crippen molar-refractivity contribution in [1.29, 1.82) is 0 Å². The van der Waals surface area contributed by atoms with Gasteiger partial charge in [-0.25, -0.2) is 0 Å². The third kappa shape index (κ3) is 3.04. The lowest BCUT2D eigenvalue weighted by Crippen LogP contribution is -2.36. The molecule has 0 aromatic carbocycles. The van der Waals surface area contributed by atoms with Gasteiger partial charge in [0, 0.05) is 45.2 Å². The third-order valence-electron chi connectivity index (χ3n) is 4.48. The molecule has 1 saturated heterocycles. The highest BCUT2D eigenvalue weighted by molar-refractivity contribution is 5.07. The van der Waals surface area contributed by atoms with E-state index in [1.165, 1.54) is 37.5 Å². The van der Waals surface area contributed by atoms with Crippen molar-refractivity contribution in [3.63, 3.8) is 0 Å². The Bertz CT molecular complexity index is 432. The Morgan fingerprint density at radius 2 is 2.20 bits per heavy atom. The standard InChI is InChI=1S/C15H26N4O/c1-2-20-11-5-9-18-8-3-6-13(12-18)15-17-16-14-7-4-10-19(14)15/h13H,2-12H2,1H3/t13-/m1/s1. The normalized spacial score (nSPS) is 23.1. The summed E-state index contributed by atoms with van der Waals surface area (Å²) in [6, 6.07) is 0. The molecule has 2 aliphatic heterocycles.